The molecule has 0 amide bonds. The van der Waals surface area contributed by atoms with Gasteiger partial charge in [0.25, 0.3) is 0 Å². The van der Waals surface area contributed by atoms with Gasteiger partial charge in [0, 0.05) is 20.1 Å². The van der Waals surface area contributed by atoms with E-state index < -0.39 is 0 Å². The zero-order valence-corrected chi connectivity index (χ0v) is 14.6. The van der Waals surface area contributed by atoms with E-state index in [1.54, 1.807) is 11.3 Å². The van der Waals surface area contributed by atoms with Crippen LogP contribution in [0.1, 0.15) is 32.3 Å². The molecule has 0 aliphatic carbocycles. The summed E-state index contributed by atoms with van der Waals surface area (Å²) in [6.45, 7) is 7.06. The SMILES string of the molecule is CCCCN(C)C(=NCc1ccsc1)NCC.I. The van der Waals surface area contributed by atoms with E-state index >= 15 is 0 Å². The van der Waals surface area contributed by atoms with E-state index in [1.807, 2.05) is 0 Å². The molecule has 18 heavy (non-hydrogen) atoms. The van der Waals surface area contributed by atoms with Gasteiger partial charge in [0.2, 0.25) is 0 Å². The van der Waals surface area contributed by atoms with Crippen LogP contribution in [0.2, 0.25) is 0 Å². The van der Waals surface area contributed by atoms with E-state index in [0.717, 1.165) is 25.6 Å². The minimum Gasteiger partial charge on any atom is -0.357 e. The van der Waals surface area contributed by atoms with Crippen LogP contribution < -0.4 is 5.32 Å². The van der Waals surface area contributed by atoms with E-state index in [-0.39, 0.29) is 24.0 Å². The number of guanidine groups is 1. The van der Waals surface area contributed by atoms with Crippen LogP contribution in [0.4, 0.5) is 0 Å². The maximum Gasteiger partial charge on any atom is 0.193 e. The van der Waals surface area contributed by atoms with Crippen molar-refractivity contribution < 1.29 is 0 Å². The van der Waals surface area contributed by atoms with Gasteiger partial charge in [-0.1, -0.05) is 13.3 Å². The summed E-state index contributed by atoms with van der Waals surface area (Å²) in [5.74, 6) is 1.01. The molecular weight excluding hydrogens is 357 g/mol. The lowest BCUT2D eigenvalue weighted by Crippen LogP contribution is -2.39. The molecule has 0 aliphatic heterocycles. The molecule has 0 atom stereocenters. The van der Waals surface area contributed by atoms with Crippen LogP contribution in [-0.4, -0.2) is 31.0 Å². The Balaban J connectivity index is 0.00000289. The maximum atomic E-state index is 4.65. The highest BCUT2D eigenvalue weighted by molar-refractivity contribution is 14.0. The molecule has 0 radical (unpaired) electrons. The van der Waals surface area contributed by atoms with Gasteiger partial charge in [-0.05, 0) is 35.7 Å². The predicted molar refractivity (Wildman–Crippen MR) is 92.1 cm³/mol. The van der Waals surface area contributed by atoms with Crippen molar-refractivity contribution >= 4 is 41.3 Å². The van der Waals surface area contributed by atoms with Crippen LogP contribution in [0.15, 0.2) is 21.8 Å². The summed E-state index contributed by atoms with van der Waals surface area (Å²) in [7, 11) is 2.10. The largest absolute Gasteiger partial charge is 0.357 e. The molecule has 0 fully saturated rings. The highest BCUT2D eigenvalue weighted by atomic mass is 127. The summed E-state index contributed by atoms with van der Waals surface area (Å²) in [6.07, 6.45) is 2.42. The molecule has 1 N–H and O–H groups in total. The quantitative estimate of drug-likeness (QED) is 0.464. The van der Waals surface area contributed by atoms with E-state index in [1.165, 1.54) is 18.4 Å². The van der Waals surface area contributed by atoms with Gasteiger partial charge in [-0.25, -0.2) is 4.99 Å². The van der Waals surface area contributed by atoms with E-state index in [0.29, 0.717) is 0 Å². The number of hydrogen-bond donors (Lipinski definition) is 1. The van der Waals surface area contributed by atoms with Crippen molar-refractivity contribution in [1.29, 1.82) is 0 Å². The molecule has 0 aromatic carbocycles. The Kier molecular flexibility index (Phi) is 10.4. The number of thiophene rings is 1. The molecule has 0 bridgehead atoms. The summed E-state index contributed by atoms with van der Waals surface area (Å²) in [6, 6.07) is 2.13. The van der Waals surface area contributed by atoms with E-state index in [4.69, 9.17) is 0 Å². The van der Waals surface area contributed by atoms with Gasteiger partial charge in [0.05, 0.1) is 6.54 Å². The van der Waals surface area contributed by atoms with Crippen molar-refractivity contribution in [3.8, 4) is 0 Å². The lowest BCUT2D eigenvalue weighted by molar-refractivity contribution is 0.465. The molecule has 104 valence electrons. The molecule has 1 aromatic heterocycles. The Bertz CT molecular complexity index is 325. The van der Waals surface area contributed by atoms with Crippen molar-refractivity contribution in [2.45, 2.75) is 33.2 Å². The maximum absolute atomic E-state index is 4.65. The number of nitrogens with zero attached hydrogens (tertiary/aromatic N) is 2. The Morgan fingerprint density at radius 3 is 2.78 bits per heavy atom. The fourth-order valence-electron chi connectivity index (χ4n) is 1.52. The third-order valence-corrected chi connectivity index (χ3v) is 3.27. The molecular formula is C13H24IN3S. The average Bonchev–Trinajstić information content (AvgIpc) is 2.84. The van der Waals surface area contributed by atoms with Gasteiger partial charge in [-0.15, -0.1) is 24.0 Å². The number of hydrogen-bond acceptors (Lipinski definition) is 2. The fraction of sp³-hybridized carbons (Fsp3) is 0.615. The summed E-state index contributed by atoms with van der Waals surface area (Å²) in [5.41, 5.74) is 1.29. The molecule has 0 aliphatic rings. The van der Waals surface area contributed by atoms with E-state index in [9.17, 15) is 0 Å². The monoisotopic (exact) mass is 381 g/mol. The Morgan fingerprint density at radius 1 is 1.44 bits per heavy atom. The fourth-order valence-corrected chi connectivity index (χ4v) is 2.18. The second kappa shape index (κ2) is 10.6. The minimum atomic E-state index is 0. The number of rotatable bonds is 6. The van der Waals surface area contributed by atoms with Crippen LogP contribution in [0.25, 0.3) is 0 Å². The van der Waals surface area contributed by atoms with Gasteiger partial charge in [-0.2, -0.15) is 11.3 Å². The standard InChI is InChI=1S/C13H23N3S.HI/c1-4-6-8-16(3)13(14-5-2)15-10-12-7-9-17-11-12;/h7,9,11H,4-6,8,10H2,1-3H3,(H,14,15);1H. The zero-order valence-electron chi connectivity index (χ0n) is 11.5. The Hall–Kier alpha value is -0.300. The normalized spacial score (nSPS) is 10.9. The lowest BCUT2D eigenvalue weighted by atomic mass is 10.3. The number of unbranched alkanes of at least 4 members (excludes halogenated alkanes) is 1. The molecule has 1 heterocycles. The van der Waals surface area contributed by atoms with Crippen molar-refractivity contribution in [1.82, 2.24) is 10.2 Å². The molecule has 0 unspecified atom stereocenters. The first kappa shape index (κ1) is 17.7. The van der Waals surface area contributed by atoms with Crippen LogP contribution in [0, 0.1) is 0 Å². The first-order valence-electron chi connectivity index (χ1n) is 6.28. The second-order valence-electron chi connectivity index (χ2n) is 4.08. The van der Waals surface area contributed by atoms with Gasteiger partial charge in [0.1, 0.15) is 0 Å². The highest BCUT2D eigenvalue weighted by Crippen LogP contribution is 2.07. The molecule has 5 heteroatoms. The smallest absolute Gasteiger partial charge is 0.193 e. The highest BCUT2D eigenvalue weighted by Gasteiger charge is 2.04. The average molecular weight is 381 g/mol. The van der Waals surface area contributed by atoms with Crippen LogP contribution in [-0.2, 0) is 6.54 Å². The number of nitrogens with one attached hydrogen (secondary N) is 1. The molecule has 1 rings (SSSR count). The summed E-state index contributed by atoms with van der Waals surface area (Å²) in [4.78, 5) is 6.85. The van der Waals surface area contributed by atoms with Crippen molar-refractivity contribution in [2.75, 3.05) is 20.1 Å². The van der Waals surface area contributed by atoms with Crippen LogP contribution in [0.5, 0.6) is 0 Å². The predicted octanol–water partition coefficient (Wildman–Crippen LogP) is 3.56. The molecule has 0 saturated carbocycles. The Morgan fingerprint density at radius 2 is 2.22 bits per heavy atom. The van der Waals surface area contributed by atoms with Crippen molar-refractivity contribution in [3.63, 3.8) is 0 Å². The van der Waals surface area contributed by atoms with Crippen LogP contribution >= 0.6 is 35.3 Å². The topological polar surface area (TPSA) is 27.6 Å². The van der Waals surface area contributed by atoms with E-state index in [2.05, 4.69) is 52.9 Å². The third-order valence-electron chi connectivity index (χ3n) is 2.54. The molecule has 0 spiro atoms. The third kappa shape index (κ3) is 6.58. The van der Waals surface area contributed by atoms with Gasteiger partial charge < -0.3 is 10.2 Å². The lowest BCUT2D eigenvalue weighted by Gasteiger charge is -2.21. The first-order valence-corrected chi connectivity index (χ1v) is 7.22. The van der Waals surface area contributed by atoms with Gasteiger partial charge in [-0.3, -0.25) is 0 Å². The van der Waals surface area contributed by atoms with Crippen LogP contribution in [0.3, 0.4) is 0 Å². The second-order valence-corrected chi connectivity index (χ2v) is 4.86. The molecule has 3 nitrogen and oxygen atoms in total. The summed E-state index contributed by atoms with van der Waals surface area (Å²) >= 11 is 1.72. The molecule has 1 aromatic rings. The number of halogens is 1. The zero-order chi connectivity index (χ0) is 12.5. The van der Waals surface area contributed by atoms with Gasteiger partial charge in [0.15, 0.2) is 5.96 Å². The molecule has 0 saturated heterocycles. The summed E-state index contributed by atoms with van der Waals surface area (Å²) < 4.78 is 0. The number of aliphatic imine (C=N–C) groups is 1. The minimum absolute atomic E-state index is 0. The summed E-state index contributed by atoms with van der Waals surface area (Å²) in [5, 5.41) is 7.58. The van der Waals surface area contributed by atoms with Crippen molar-refractivity contribution in [3.05, 3.63) is 22.4 Å². The Labute approximate surface area is 132 Å². The first-order chi connectivity index (χ1) is 8.27. The van der Waals surface area contributed by atoms with Crippen molar-refractivity contribution in [2.24, 2.45) is 4.99 Å². The van der Waals surface area contributed by atoms with Gasteiger partial charge >= 0.3 is 0 Å².